The van der Waals surface area contributed by atoms with Crippen LogP contribution >= 0.6 is 0 Å². The van der Waals surface area contributed by atoms with E-state index in [2.05, 4.69) is 15.3 Å². The number of alkyl halides is 3. The molecule has 0 saturated heterocycles. The summed E-state index contributed by atoms with van der Waals surface area (Å²) in [4.78, 5) is 32.7. The Morgan fingerprint density at radius 3 is 2.38 bits per heavy atom. The number of hydrogen-bond donors (Lipinski definition) is 1. The van der Waals surface area contributed by atoms with Gasteiger partial charge < -0.3 is 10.1 Å². The molecule has 4 aromatic rings. The van der Waals surface area contributed by atoms with Gasteiger partial charge >= 0.3 is 12.1 Å². The summed E-state index contributed by atoms with van der Waals surface area (Å²) in [7, 11) is 1.32. The number of esters is 1. The fraction of sp³-hybridized carbons (Fsp3) is 0.167. The zero-order valence-corrected chi connectivity index (χ0v) is 18.0. The predicted molar refractivity (Wildman–Crippen MR) is 117 cm³/mol. The molecule has 0 unspecified atom stereocenters. The molecule has 0 radical (unpaired) electrons. The van der Waals surface area contributed by atoms with E-state index < -0.39 is 17.6 Å². The molecule has 2 heterocycles. The average Bonchev–Trinajstić information content (AvgIpc) is 3.32. The summed E-state index contributed by atoms with van der Waals surface area (Å²) in [6.07, 6.45) is 1.07. The largest absolute Gasteiger partial charge is 0.469 e. The molecule has 0 saturated carbocycles. The Bertz CT molecular complexity index is 1330. The summed E-state index contributed by atoms with van der Waals surface area (Å²) in [5.41, 5.74) is 2.00. The Hall–Kier alpha value is -4.21. The van der Waals surface area contributed by atoms with Gasteiger partial charge in [0.25, 0.3) is 5.91 Å². The first-order chi connectivity index (χ1) is 16.2. The predicted octanol–water partition coefficient (Wildman–Crippen LogP) is 4.31. The molecule has 4 rings (SSSR count). The minimum Gasteiger partial charge on any atom is -0.469 e. The standard InChI is InChI=1S/C24H19F3N4O3/c1-34-21(32)13-17-14-29-20(31-11-10-28-22(17)31)12-15-2-8-19(9-3-15)30-23(33)16-4-6-18(7-5-16)24(25,26)27/h2-11,14H,12-13H2,1H3,(H,30,33). The molecule has 34 heavy (non-hydrogen) atoms. The molecule has 0 spiro atoms. The molecule has 10 heteroatoms. The molecular formula is C24H19F3N4O3. The summed E-state index contributed by atoms with van der Waals surface area (Å²) in [6.45, 7) is 0. The van der Waals surface area contributed by atoms with Gasteiger partial charge in [-0.2, -0.15) is 13.2 Å². The van der Waals surface area contributed by atoms with Crippen LogP contribution in [-0.4, -0.2) is 33.4 Å². The number of aromatic nitrogens is 3. The van der Waals surface area contributed by atoms with Crippen molar-refractivity contribution in [2.45, 2.75) is 19.0 Å². The molecule has 1 N–H and O–H groups in total. The first-order valence-electron chi connectivity index (χ1n) is 10.2. The third-order valence-electron chi connectivity index (χ3n) is 5.19. The van der Waals surface area contributed by atoms with Crippen molar-refractivity contribution >= 4 is 23.2 Å². The van der Waals surface area contributed by atoms with Crippen molar-refractivity contribution in [3.05, 3.63) is 95.2 Å². The number of ether oxygens (including phenoxy) is 1. The number of rotatable bonds is 6. The van der Waals surface area contributed by atoms with Gasteiger partial charge in [-0.1, -0.05) is 12.1 Å². The van der Waals surface area contributed by atoms with E-state index in [1.165, 1.54) is 7.11 Å². The van der Waals surface area contributed by atoms with Crippen LogP contribution in [0.5, 0.6) is 0 Å². The number of anilines is 1. The average molecular weight is 468 g/mol. The number of amides is 1. The minimum atomic E-state index is -4.45. The fourth-order valence-electron chi connectivity index (χ4n) is 3.41. The van der Waals surface area contributed by atoms with Gasteiger partial charge in [0.05, 0.1) is 19.1 Å². The molecule has 0 atom stereocenters. The third-order valence-corrected chi connectivity index (χ3v) is 5.19. The smallest absolute Gasteiger partial charge is 0.416 e. The van der Waals surface area contributed by atoms with Crippen LogP contribution in [0.25, 0.3) is 5.65 Å². The fourth-order valence-corrected chi connectivity index (χ4v) is 3.41. The molecular weight excluding hydrogens is 449 g/mol. The van der Waals surface area contributed by atoms with Crippen LogP contribution in [0.4, 0.5) is 18.9 Å². The third kappa shape index (κ3) is 5.06. The van der Waals surface area contributed by atoms with E-state index in [1.807, 2.05) is 12.1 Å². The van der Waals surface area contributed by atoms with E-state index in [4.69, 9.17) is 4.74 Å². The normalized spacial score (nSPS) is 11.4. The highest BCUT2D eigenvalue weighted by Gasteiger charge is 2.30. The first-order valence-corrected chi connectivity index (χ1v) is 10.2. The summed E-state index contributed by atoms with van der Waals surface area (Å²) in [6, 6.07) is 11.1. The molecule has 1 amide bonds. The van der Waals surface area contributed by atoms with E-state index >= 15 is 0 Å². The Labute approximate surface area is 192 Å². The van der Waals surface area contributed by atoms with Crippen LogP contribution < -0.4 is 5.32 Å². The van der Waals surface area contributed by atoms with E-state index in [0.717, 1.165) is 29.8 Å². The van der Waals surface area contributed by atoms with Crippen LogP contribution in [0, 0.1) is 0 Å². The summed E-state index contributed by atoms with van der Waals surface area (Å²) in [5, 5.41) is 2.67. The lowest BCUT2D eigenvalue weighted by molar-refractivity contribution is -0.140. The van der Waals surface area contributed by atoms with Crippen LogP contribution in [0.2, 0.25) is 0 Å². The van der Waals surface area contributed by atoms with Crippen molar-refractivity contribution < 1.29 is 27.5 Å². The molecule has 7 nitrogen and oxygen atoms in total. The number of methoxy groups -OCH3 is 1. The lowest BCUT2D eigenvalue weighted by atomic mass is 10.1. The molecule has 0 aliphatic rings. The van der Waals surface area contributed by atoms with Crippen LogP contribution in [0.1, 0.15) is 32.9 Å². The van der Waals surface area contributed by atoms with Gasteiger partial charge in [-0.3, -0.25) is 14.0 Å². The van der Waals surface area contributed by atoms with Crippen LogP contribution in [0.3, 0.4) is 0 Å². The van der Waals surface area contributed by atoms with Crippen molar-refractivity contribution in [1.82, 2.24) is 14.4 Å². The number of carbonyl (C=O) groups is 2. The van der Waals surface area contributed by atoms with E-state index in [-0.39, 0.29) is 18.0 Å². The van der Waals surface area contributed by atoms with Crippen molar-refractivity contribution in [2.24, 2.45) is 0 Å². The number of hydrogen-bond acceptors (Lipinski definition) is 5. The number of carbonyl (C=O) groups excluding carboxylic acids is 2. The summed E-state index contributed by atoms with van der Waals surface area (Å²) >= 11 is 0. The zero-order chi connectivity index (χ0) is 24.3. The quantitative estimate of drug-likeness (QED) is 0.427. The summed E-state index contributed by atoms with van der Waals surface area (Å²) in [5.74, 6) is -0.180. The lowest BCUT2D eigenvalue weighted by Gasteiger charge is -2.10. The summed E-state index contributed by atoms with van der Waals surface area (Å²) < 4.78 is 44.6. The van der Waals surface area contributed by atoms with Crippen LogP contribution in [0.15, 0.2) is 67.1 Å². The van der Waals surface area contributed by atoms with Gasteiger partial charge in [-0.25, -0.2) is 9.97 Å². The number of fused-ring (bicyclic) bond motifs is 1. The van der Waals surface area contributed by atoms with Gasteiger partial charge in [-0.05, 0) is 42.0 Å². The molecule has 174 valence electrons. The highest BCUT2D eigenvalue weighted by molar-refractivity contribution is 6.04. The Kier molecular flexibility index (Phi) is 6.31. The topological polar surface area (TPSA) is 85.6 Å². The van der Waals surface area contributed by atoms with Crippen molar-refractivity contribution in [3.8, 4) is 0 Å². The number of nitrogens with one attached hydrogen (secondary N) is 1. The second-order valence-electron chi connectivity index (χ2n) is 7.48. The minimum absolute atomic E-state index is 0.0671. The second kappa shape index (κ2) is 9.34. The number of imidazole rings is 1. The lowest BCUT2D eigenvalue weighted by Crippen LogP contribution is -2.13. The molecule has 0 aliphatic carbocycles. The Balaban J connectivity index is 1.45. The molecule has 0 fully saturated rings. The number of benzene rings is 2. The SMILES string of the molecule is COC(=O)Cc1cnc(Cc2ccc(NC(=O)c3ccc(C(F)(F)F)cc3)cc2)n2ccnc12. The van der Waals surface area contributed by atoms with Gasteiger partial charge in [0.1, 0.15) is 11.5 Å². The first kappa shape index (κ1) is 23.0. The zero-order valence-electron chi connectivity index (χ0n) is 18.0. The number of halogens is 3. The molecule has 2 aromatic heterocycles. The van der Waals surface area contributed by atoms with Gasteiger partial charge in [0.15, 0.2) is 0 Å². The van der Waals surface area contributed by atoms with Gasteiger partial charge in [-0.15, -0.1) is 0 Å². The van der Waals surface area contributed by atoms with Gasteiger partial charge in [0, 0.05) is 41.8 Å². The number of nitrogens with zero attached hydrogens (tertiary/aromatic N) is 3. The molecule has 2 aromatic carbocycles. The highest BCUT2D eigenvalue weighted by atomic mass is 19.4. The maximum atomic E-state index is 12.7. The van der Waals surface area contributed by atoms with Crippen LogP contribution in [-0.2, 0) is 28.5 Å². The van der Waals surface area contributed by atoms with Crippen molar-refractivity contribution in [1.29, 1.82) is 0 Å². The van der Waals surface area contributed by atoms with E-state index in [9.17, 15) is 22.8 Å². The van der Waals surface area contributed by atoms with Crippen molar-refractivity contribution in [2.75, 3.05) is 12.4 Å². The maximum absolute atomic E-state index is 12.7. The second-order valence-corrected chi connectivity index (χ2v) is 7.48. The van der Waals surface area contributed by atoms with E-state index in [1.54, 1.807) is 35.1 Å². The molecule has 0 bridgehead atoms. The van der Waals surface area contributed by atoms with Gasteiger partial charge in [0.2, 0.25) is 0 Å². The maximum Gasteiger partial charge on any atom is 0.416 e. The van der Waals surface area contributed by atoms with E-state index in [0.29, 0.717) is 29.1 Å². The Morgan fingerprint density at radius 2 is 1.74 bits per heavy atom. The van der Waals surface area contributed by atoms with Crippen molar-refractivity contribution in [3.63, 3.8) is 0 Å². The Morgan fingerprint density at radius 1 is 1.03 bits per heavy atom. The highest BCUT2D eigenvalue weighted by Crippen LogP contribution is 2.29. The monoisotopic (exact) mass is 468 g/mol. The molecule has 0 aliphatic heterocycles.